The summed E-state index contributed by atoms with van der Waals surface area (Å²) in [7, 11) is 0. The van der Waals surface area contributed by atoms with Gasteiger partial charge in [0.1, 0.15) is 5.82 Å². The Hall–Kier alpha value is -1.13. The third kappa shape index (κ3) is 1.71. The van der Waals surface area contributed by atoms with E-state index in [1.807, 2.05) is 0 Å². The summed E-state index contributed by atoms with van der Waals surface area (Å²) in [4.78, 5) is 5.74. The molecule has 2 rings (SSSR count). The lowest BCUT2D eigenvalue weighted by Crippen LogP contribution is -1.80. The zero-order chi connectivity index (χ0) is 10.1. The first-order valence-corrected chi connectivity index (χ1v) is 4.68. The van der Waals surface area contributed by atoms with E-state index in [0.29, 0.717) is 4.77 Å². The minimum atomic E-state index is -0.426. The number of imidazole rings is 1. The predicted octanol–water partition coefficient (Wildman–Crippen LogP) is 3.53. The van der Waals surface area contributed by atoms with E-state index in [9.17, 15) is 4.39 Å². The normalized spacial score (nSPS) is 10.4. The van der Waals surface area contributed by atoms with Gasteiger partial charge in [0.25, 0.3) is 0 Å². The Morgan fingerprint density at radius 3 is 2.71 bits per heavy atom. The lowest BCUT2D eigenvalue weighted by atomic mass is 10.2. The van der Waals surface area contributed by atoms with Gasteiger partial charge in [0.05, 0.1) is 10.7 Å². The number of benzene rings is 1. The highest BCUT2D eigenvalue weighted by Crippen LogP contribution is 2.22. The molecule has 1 heterocycles. The summed E-state index contributed by atoms with van der Waals surface area (Å²) in [6.45, 7) is 0. The molecule has 2 N–H and O–H groups in total. The smallest absolute Gasteiger partial charge is 0.174 e. The van der Waals surface area contributed by atoms with Crippen LogP contribution in [0.15, 0.2) is 24.4 Å². The second-order valence-electron chi connectivity index (χ2n) is 2.79. The van der Waals surface area contributed by atoms with Crippen molar-refractivity contribution >= 4 is 23.8 Å². The largest absolute Gasteiger partial charge is 0.337 e. The number of aromatic amines is 2. The first-order valence-electron chi connectivity index (χ1n) is 3.90. The molecule has 1 aromatic carbocycles. The number of halogens is 2. The number of nitrogens with one attached hydrogen (secondary N) is 2. The molecule has 0 unspecified atom stereocenters. The number of aromatic nitrogens is 2. The van der Waals surface area contributed by atoms with Crippen LogP contribution in [0.4, 0.5) is 4.39 Å². The number of H-pyrrole nitrogens is 2. The van der Waals surface area contributed by atoms with Crippen molar-refractivity contribution in [1.82, 2.24) is 9.97 Å². The van der Waals surface area contributed by atoms with E-state index in [0.717, 1.165) is 11.3 Å². The van der Waals surface area contributed by atoms with Crippen molar-refractivity contribution in [1.29, 1.82) is 0 Å². The molecule has 0 atom stereocenters. The van der Waals surface area contributed by atoms with Gasteiger partial charge in [0, 0.05) is 11.8 Å². The summed E-state index contributed by atoms with van der Waals surface area (Å²) < 4.78 is 13.4. The van der Waals surface area contributed by atoms with Crippen molar-refractivity contribution in [3.63, 3.8) is 0 Å². The van der Waals surface area contributed by atoms with Gasteiger partial charge in [-0.2, -0.15) is 0 Å². The van der Waals surface area contributed by atoms with Crippen LogP contribution in [-0.2, 0) is 0 Å². The molecule has 0 aliphatic rings. The lowest BCUT2D eigenvalue weighted by molar-refractivity contribution is 0.628. The SMILES string of the molecule is Fc1ccc(-c2c[nH]c(=S)[nH]2)cc1Cl. The molecule has 0 spiro atoms. The highest BCUT2D eigenvalue weighted by molar-refractivity contribution is 7.71. The minimum Gasteiger partial charge on any atom is -0.337 e. The molecule has 14 heavy (non-hydrogen) atoms. The van der Waals surface area contributed by atoms with Gasteiger partial charge in [-0.15, -0.1) is 0 Å². The molecule has 72 valence electrons. The van der Waals surface area contributed by atoms with Gasteiger partial charge in [-0.3, -0.25) is 0 Å². The molecule has 0 radical (unpaired) electrons. The summed E-state index contributed by atoms with van der Waals surface area (Å²) in [6.07, 6.45) is 1.71. The van der Waals surface area contributed by atoms with Gasteiger partial charge in [-0.1, -0.05) is 11.6 Å². The van der Waals surface area contributed by atoms with Gasteiger partial charge < -0.3 is 9.97 Å². The molecular formula is C9H6ClFN2S. The zero-order valence-electron chi connectivity index (χ0n) is 6.97. The second-order valence-corrected chi connectivity index (χ2v) is 3.60. The van der Waals surface area contributed by atoms with E-state index < -0.39 is 5.82 Å². The van der Waals surface area contributed by atoms with Crippen LogP contribution in [0.25, 0.3) is 11.3 Å². The molecule has 1 aromatic heterocycles. The fourth-order valence-corrected chi connectivity index (χ4v) is 1.50. The van der Waals surface area contributed by atoms with Crippen LogP contribution in [0, 0.1) is 10.6 Å². The van der Waals surface area contributed by atoms with Gasteiger partial charge in [0.15, 0.2) is 4.77 Å². The topological polar surface area (TPSA) is 31.6 Å². The third-order valence-corrected chi connectivity index (χ3v) is 2.34. The second kappa shape index (κ2) is 3.55. The Labute approximate surface area is 89.7 Å². The molecule has 0 aliphatic heterocycles. The average molecular weight is 229 g/mol. The average Bonchev–Trinajstić information content (AvgIpc) is 2.57. The van der Waals surface area contributed by atoms with Gasteiger partial charge >= 0.3 is 0 Å². The van der Waals surface area contributed by atoms with E-state index in [1.165, 1.54) is 6.07 Å². The molecule has 0 aliphatic carbocycles. The predicted molar refractivity (Wildman–Crippen MR) is 56.4 cm³/mol. The van der Waals surface area contributed by atoms with Crippen molar-refractivity contribution < 1.29 is 4.39 Å². The lowest BCUT2D eigenvalue weighted by Gasteiger charge is -1.98. The van der Waals surface area contributed by atoms with Crippen molar-refractivity contribution in [2.45, 2.75) is 0 Å². The van der Waals surface area contributed by atoms with E-state index in [1.54, 1.807) is 18.3 Å². The van der Waals surface area contributed by atoms with Crippen molar-refractivity contribution in [2.75, 3.05) is 0 Å². The maximum atomic E-state index is 12.8. The van der Waals surface area contributed by atoms with Gasteiger partial charge in [0.2, 0.25) is 0 Å². The van der Waals surface area contributed by atoms with Crippen LogP contribution in [-0.4, -0.2) is 9.97 Å². The van der Waals surface area contributed by atoms with Gasteiger partial charge in [-0.25, -0.2) is 4.39 Å². The molecule has 2 aromatic rings. The minimum absolute atomic E-state index is 0.100. The maximum Gasteiger partial charge on any atom is 0.174 e. The molecule has 2 nitrogen and oxygen atoms in total. The summed E-state index contributed by atoms with van der Waals surface area (Å²) in [6, 6.07) is 4.50. The molecule has 5 heteroatoms. The fourth-order valence-electron chi connectivity index (χ4n) is 1.15. The molecule has 0 fully saturated rings. The van der Waals surface area contributed by atoms with Crippen LogP contribution in [0.5, 0.6) is 0 Å². The quantitative estimate of drug-likeness (QED) is 0.719. The number of hydrogen-bond acceptors (Lipinski definition) is 1. The van der Waals surface area contributed by atoms with E-state index in [2.05, 4.69) is 9.97 Å². The highest BCUT2D eigenvalue weighted by atomic mass is 35.5. The van der Waals surface area contributed by atoms with E-state index >= 15 is 0 Å². The summed E-state index contributed by atoms with van der Waals surface area (Å²) in [5, 5.41) is 0.100. The highest BCUT2D eigenvalue weighted by Gasteiger charge is 2.03. The van der Waals surface area contributed by atoms with E-state index in [4.69, 9.17) is 23.8 Å². The number of hydrogen-bond donors (Lipinski definition) is 2. The molecule has 0 saturated heterocycles. The molecule has 0 saturated carbocycles. The standard InChI is InChI=1S/C9H6ClFN2S/c10-6-3-5(1-2-7(6)11)8-4-12-9(14)13-8/h1-4H,(H2,12,13,14). The summed E-state index contributed by atoms with van der Waals surface area (Å²) in [5.74, 6) is -0.426. The van der Waals surface area contributed by atoms with E-state index in [-0.39, 0.29) is 5.02 Å². The Morgan fingerprint density at radius 2 is 2.14 bits per heavy atom. The first-order chi connectivity index (χ1) is 6.66. The van der Waals surface area contributed by atoms with Crippen LogP contribution in [0.3, 0.4) is 0 Å². The van der Waals surface area contributed by atoms with Crippen molar-refractivity contribution in [2.24, 2.45) is 0 Å². The van der Waals surface area contributed by atoms with Crippen LogP contribution >= 0.6 is 23.8 Å². The Kier molecular flexibility index (Phi) is 2.39. The van der Waals surface area contributed by atoms with Crippen molar-refractivity contribution in [3.8, 4) is 11.3 Å². The third-order valence-electron chi connectivity index (χ3n) is 1.83. The maximum absolute atomic E-state index is 12.8. The summed E-state index contributed by atoms with van der Waals surface area (Å²) in [5.41, 5.74) is 1.58. The van der Waals surface area contributed by atoms with Crippen LogP contribution < -0.4 is 0 Å². The molecular weight excluding hydrogens is 223 g/mol. The van der Waals surface area contributed by atoms with Crippen LogP contribution in [0.2, 0.25) is 5.02 Å². The summed E-state index contributed by atoms with van der Waals surface area (Å²) >= 11 is 10.5. The Morgan fingerprint density at radius 1 is 1.36 bits per heavy atom. The fraction of sp³-hybridized carbons (Fsp3) is 0. The monoisotopic (exact) mass is 228 g/mol. The van der Waals surface area contributed by atoms with Gasteiger partial charge in [-0.05, 0) is 30.4 Å². The van der Waals surface area contributed by atoms with Crippen molar-refractivity contribution in [3.05, 3.63) is 40.0 Å². The first kappa shape index (κ1) is 9.43. The molecule has 0 bridgehead atoms. The zero-order valence-corrected chi connectivity index (χ0v) is 8.55. The Bertz CT molecular complexity index is 518. The van der Waals surface area contributed by atoms with Crippen LogP contribution in [0.1, 0.15) is 0 Å². The number of rotatable bonds is 1. The Balaban J connectivity index is 2.52. The molecule has 0 amide bonds.